The summed E-state index contributed by atoms with van der Waals surface area (Å²) in [6, 6.07) is 0. The number of aromatic nitrogens is 2. The van der Waals surface area contributed by atoms with Gasteiger partial charge in [0, 0.05) is 0 Å². The first-order valence-electron chi connectivity index (χ1n) is 3.75. The summed E-state index contributed by atoms with van der Waals surface area (Å²) in [5.74, 6) is 0.189. The van der Waals surface area contributed by atoms with Crippen LogP contribution in [-0.4, -0.2) is 22.1 Å². The highest BCUT2D eigenvalue weighted by atomic mass is 32.2. The molecule has 1 heterocycles. The molecule has 0 aliphatic heterocycles. The van der Waals surface area contributed by atoms with E-state index in [1.807, 2.05) is 6.26 Å². The van der Waals surface area contributed by atoms with E-state index in [1.165, 1.54) is 11.8 Å². The van der Waals surface area contributed by atoms with Gasteiger partial charge in [-0.15, -0.1) is 11.8 Å². The van der Waals surface area contributed by atoms with Gasteiger partial charge in [0.15, 0.2) is 0 Å². The third-order valence-electron chi connectivity index (χ3n) is 1.61. The zero-order valence-corrected chi connectivity index (χ0v) is 8.60. The molecule has 0 saturated heterocycles. The zero-order chi connectivity index (χ0) is 10.0. The lowest BCUT2D eigenvalue weighted by atomic mass is 10.2. The molecule has 0 aliphatic rings. The van der Waals surface area contributed by atoms with Gasteiger partial charge in [-0.1, -0.05) is 0 Å². The van der Waals surface area contributed by atoms with E-state index in [0.29, 0.717) is 22.1 Å². The molecule has 4 nitrogen and oxygen atoms in total. The molecule has 0 aliphatic carbocycles. The molecule has 0 aromatic carbocycles. The monoisotopic (exact) mass is 197 g/mol. The topological polar surface area (TPSA) is 68.9 Å². The van der Waals surface area contributed by atoms with Crippen LogP contribution in [0.5, 0.6) is 0 Å². The fourth-order valence-electron chi connectivity index (χ4n) is 1.11. The average Bonchev–Trinajstić information content (AvgIpc) is 2.01. The Kier molecular flexibility index (Phi) is 2.87. The van der Waals surface area contributed by atoms with Crippen molar-refractivity contribution in [2.24, 2.45) is 5.73 Å². The third kappa shape index (κ3) is 1.98. The van der Waals surface area contributed by atoms with Crippen LogP contribution >= 0.6 is 11.8 Å². The van der Waals surface area contributed by atoms with E-state index in [4.69, 9.17) is 5.73 Å². The van der Waals surface area contributed by atoms with Crippen molar-refractivity contribution in [2.75, 3.05) is 6.26 Å². The zero-order valence-electron chi connectivity index (χ0n) is 7.79. The van der Waals surface area contributed by atoms with Crippen LogP contribution in [0.1, 0.15) is 21.9 Å². The lowest BCUT2D eigenvalue weighted by Crippen LogP contribution is -2.16. The molecule has 1 rings (SSSR count). The largest absolute Gasteiger partial charge is 0.365 e. The van der Waals surface area contributed by atoms with Gasteiger partial charge in [-0.05, 0) is 20.1 Å². The first kappa shape index (κ1) is 9.98. The second kappa shape index (κ2) is 3.74. The average molecular weight is 197 g/mol. The maximum absolute atomic E-state index is 11.0. The highest BCUT2D eigenvalue weighted by Gasteiger charge is 2.13. The lowest BCUT2D eigenvalue weighted by Gasteiger charge is -2.06. The maximum Gasteiger partial charge on any atom is 0.253 e. The third-order valence-corrected chi connectivity index (χ3v) is 2.29. The van der Waals surface area contributed by atoms with Crippen molar-refractivity contribution in [3.8, 4) is 0 Å². The second-order valence-electron chi connectivity index (χ2n) is 2.60. The number of carbonyl (C=O) groups excluding carboxylic acids is 1. The van der Waals surface area contributed by atoms with E-state index >= 15 is 0 Å². The van der Waals surface area contributed by atoms with Crippen LogP contribution in [0.3, 0.4) is 0 Å². The van der Waals surface area contributed by atoms with Gasteiger partial charge >= 0.3 is 0 Å². The standard InChI is InChI=1S/C8H11N3OS/c1-4-6(7(9)12)8(13-3)11-5(2)10-4/h1-3H3,(H2,9,12). The highest BCUT2D eigenvalue weighted by Crippen LogP contribution is 2.19. The van der Waals surface area contributed by atoms with Gasteiger partial charge in [0.05, 0.1) is 11.3 Å². The second-order valence-corrected chi connectivity index (χ2v) is 3.40. The molecule has 0 spiro atoms. The number of primary amides is 1. The Balaban J connectivity index is 3.38. The summed E-state index contributed by atoms with van der Waals surface area (Å²) < 4.78 is 0. The van der Waals surface area contributed by atoms with Crippen molar-refractivity contribution in [1.29, 1.82) is 0 Å². The van der Waals surface area contributed by atoms with E-state index in [2.05, 4.69) is 9.97 Å². The minimum absolute atomic E-state index is 0.429. The van der Waals surface area contributed by atoms with Crippen molar-refractivity contribution in [2.45, 2.75) is 18.9 Å². The van der Waals surface area contributed by atoms with Gasteiger partial charge in [0.2, 0.25) is 0 Å². The molecular weight excluding hydrogens is 186 g/mol. The van der Waals surface area contributed by atoms with E-state index in [0.717, 1.165) is 0 Å². The SMILES string of the molecule is CSc1nc(C)nc(C)c1C(N)=O. The van der Waals surface area contributed by atoms with Gasteiger partial charge in [-0.3, -0.25) is 4.79 Å². The molecule has 13 heavy (non-hydrogen) atoms. The highest BCUT2D eigenvalue weighted by molar-refractivity contribution is 7.98. The van der Waals surface area contributed by atoms with Crippen molar-refractivity contribution in [3.05, 3.63) is 17.1 Å². The summed E-state index contributed by atoms with van der Waals surface area (Å²) in [5.41, 5.74) is 6.28. The van der Waals surface area contributed by atoms with Crippen LogP contribution < -0.4 is 5.73 Å². The Morgan fingerprint density at radius 3 is 2.46 bits per heavy atom. The smallest absolute Gasteiger partial charge is 0.253 e. The van der Waals surface area contributed by atoms with E-state index < -0.39 is 5.91 Å². The first-order chi connectivity index (χ1) is 6.06. The quantitative estimate of drug-likeness (QED) is 0.565. The van der Waals surface area contributed by atoms with Crippen molar-refractivity contribution < 1.29 is 4.79 Å². The number of nitrogens with two attached hydrogens (primary N) is 1. The molecule has 1 aromatic heterocycles. The van der Waals surface area contributed by atoms with Gasteiger partial charge in [0.1, 0.15) is 10.9 Å². The minimum Gasteiger partial charge on any atom is -0.365 e. The number of aryl methyl sites for hydroxylation is 2. The Morgan fingerprint density at radius 1 is 1.38 bits per heavy atom. The molecule has 0 atom stereocenters. The number of carbonyl (C=O) groups is 1. The van der Waals surface area contributed by atoms with Crippen molar-refractivity contribution in [1.82, 2.24) is 9.97 Å². The molecule has 0 saturated carbocycles. The molecule has 1 amide bonds. The van der Waals surface area contributed by atoms with Crippen LogP contribution in [0.2, 0.25) is 0 Å². The molecule has 0 unspecified atom stereocenters. The lowest BCUT2D eigenvalue weighted by molar-refractivity contribution is 0.0995. The number of nitrogens with zero attached hydrogens (tertiary/aromatic N) is 2. The molecule has 5 heteroatoms. The predicted molar refractivity (Wildman–Crippen MR) is 51.8 cm³/mol. The van der Waals surface area contributed by atoms with Gasteiger partial charge in [-0.2, -0.15) is 0 Å². The summed E-state index contributed by atoms with van der Waals surface area (Å²) >= 11 is 1.40. The van der Waals surface area contributed by atoms with E-state index in [1.54, 1.807) is 13.8 Å². The van der Waals surface area contributed by atoms with Crippen LogP contribution in [0.15, 0.2) is 5.03 Å². The molecular formula is C8H11N3OS. The molecule has 2 N–H and O–H groups in total. The normalized spacial score (nSPS) is 10.1. The van der Waals surface area contributed by atoms with Gasteiger partial charge < -0.3 is 5.73 Å². The number of thioether (sulfide) groups is 1. The minimum atomic E-state index is -0.471. The summed E-state index contributed by atoms with van der Waals surface area (Å²) in [6.45, 7) is 3.55. The molecule has 0 bridgehead atoms. The van der Waals surface area contributed by atoms with Crippen LogP contribution in [0.4, 0.5) is 0 Å². The van der Waals surface area contributed by atoms with Gasteiger partial charge in [-0.25, -0.2) is 9.97 Å². The number of amides is 1. The molecule has 0 radical (unpaired) electrons. The summed E-state index contributed by atoms with van der Waals surface area (Å²) in [4.78, 5) is 19.2. The molecule has 1 aromatic rings. The Labute approximate surface area is 81.0 Å². The summed E-state index contributed by atoms with van der Waals surface area (Å²) in [6.07, 6.45) is 1.85. The Bertz CT molecular complexity index is 351. The van der Waals surface area contributed by atoms with Crippen molar-refractivity contribution >= 4 is 17.7 Å². The fourth-order valence-corrected chi connectivity index (χ4v) is 1.79. The maximum atomic E-state index is 11.0. The molecule has 0 fully saturated rings. The van der Waals surface area contributed by atoms with Crippen LogP contribution in [-0.2, 0) is 0 Å². The van der Waals surface area contributed by atoms with Crippen molar-refractivity contribution in [3.63, 3.8) is 0 Å². The van der Waals surface area contributed by atoms with Gasteiger partial charge in [0.25, 0.3) is 5.91 Å². The Hall–Kier alpha value is -1.10. The number of hydrogen-bond donors (Lipinski definition) is 1. The summed E-state index contributed by atoms with van der Waals surface area (Å²) in [5, 5.41) is 0.650. The van der Waals surface area contributed by atoms with Crippen LogP contribution in [0.25, 0.3) is 0 Å². The summed E-state index contributed by atoms with van der Waals surface area (Å²) in [7, 11) is 0. The molecule has 70 valence electrons. The van der Waals surface area contributed by atoms with Crippen LogP contribution in [0, 0.1) is 13.8 Å². The fraction of sp³-hybridized carbons (Fsp3) is 0.375. The van der Waals surface area contributed by atoms with E-state index in [9.17, 15) is 4.79 Å². The number of hydrogen-bond acceptors (Lipinski definition) is 4. The first-order valence-corrected chi connectivity index (χ1v) is 4.97. The Morgan fingerprint density at radius 2 is 2.00 bits per heavy atom. The predicted octanol–water partition coefficient (Wildman–Crippen LogP) is 0.914. The van der Waals surface area contributed by atoms with E-state index in [-0.39, 0.29) is 0 Å². The number of rotatable bonds is 2.